The first-order valence-electron chi connectivity index (χ1n) is 6.16. The van der Waals surface area contributed by atoms with Gasteiger partial charge in [-0.3, -0.25) is 4.79 Å². The van der Waals surface area contributed by atoms with Gasteiger partial charge in [-0.25, -0.2) is 0 Å². The van der Waals surface area contributed by atoms with E-state index in [-0.39, 0.29) is 11.8 Å². The van der Waals surface area contributed by atoms with Crippen LogP contribution in [-0.2, 0) is 17.6 Å². The van der Waals surface area contributed by atoms with Crippen LogP contribution < -0.4 is 4.74 Å². The number of fused-ring (bicyclic) bond motifs is 1. The molecule has 0 saturated carbocycles. The van der Waals surface area contributed by atoms with Gasteiger partial charge in [-0.15, -0.1) is 0 Å². The Kier molecular flexibility index (Phi) is 3.81. The summed E-state index contributed by atoms with van der Waals surface area (Å²) in [5.74, 6) is -0.179. The molecule has 2 rings (SSSR count). The van der Waals surface area contributed by atoms with Crippen LogP contribution >= 0.6 is 11.6 Å². The van der Waals surface area contributed by atoms with Crippen molar-refractivity contribution in [3.63, 3.8) is 0 Å². The molecule has 0 aromatic heterocycles. The second kappa shape index (κ2) is 5.19. The Bertz CT molecular complexity index is 470. The molecule has 1 aliphatic rings. The van der Waals surface area contributed by atoms with Crippen LogP contribution in [0.3, 0.4) is 0 Å². The van der Waals surface area contributed by atoms with Crippen molar-refractivity contribution in [2.75, 3.05) is 6.61 Å². The lowest BCUT2D eigenvalue weighted by Gasteiger charge is -2.17. The molecule has 0 spiro atoms. The predicted octanol–water partition coefficient (Wildman–Crippen LogP) is 3.17. The smallest absolute Gasteiger partial charge is 0.306 e. The van der Waals surface area contributed by atoms with E-state index in [1.807, 2.05) is 19.1 Å². The van der Waals surface area contributed by atoms with Gasteiger partial charge >= 0.3 is 5.97 Å². The van der Waals surface area contributed by atoms with Crippen molar-refractivity contribution in [2.24, 2.45) is 11.8 Å². The fraction of sp³-hybridized carbons (Fsp3) is 0.500. The minimum absolute atomic E-state index is 0.0502. The van der Waals surface area contributed by atoms with E-state index in [1.165, 1.54) is 0 Å². The van der Waals surface area contributed by atoms with Crippen molar-refractivity contribution < 1.29 is 14.6 Å². The van der Waals surface area contributed by atoms with E-state index < -0.39 is 5.97 Å². The minimum atomic E-state index is -0.762. The summed E-state index contributed by atoms with van der Waals surface area (Å²) >= 11 is 6.08. The van der Waals surface area contributed by atoms with Crippen molar-refractivity contribution in [1.29, 1.82) is 0 Å². The summed E-state index contributed by atoms with van der Waals surface area (Å²) in [6.07, 6.45) is 1.56. The predicted molar refractivity (Wildman–Crippen MR) is 70.3 cm³/mol. The third-order valence-electron chi connectivity index (χ3n) is 3.61. The summed E-state index contributed by atoms with van der Waals surface area (Å²) in [4.78, 5) is 11.0. The summed E-state index contributed by atoms with van der Waals surface area (Å²) in [6, 6.07) is 3.81. The Morgan fingerprint density at radius 1 is 1.50 bits per heavy atom. The highest BCUT2D eigenvalue weighted by Gasteiger charge is 2.23. The van der Waals surface area contributed by atoms with E-state index in [9.17, 15) is 4.79 Å². The van der Waals surface area contributed by atoms with Crippen molar-refractivity contribution in [1.82, 2.24) is 0 Å². The molecule has 0 amide bonds. The van der Waals surface area contributed by atoms with Gasteiger partial charge in [0.1, 0.15) is 5.75 Å². The maximum absolute atomic E-state index is 11.0. The van der Waals surface area contributed by atoms with Gasteiger partial charge in [-0.1, -0.05) is 25.4 Å². The highest BCUT2D eigenvalue weighted by atomic mass is 35.5. The standard InChI is InChI=1S/C14H17ClO3/c1-8(9(2)14(16)17)5-11-7-12(15)6-10-3-4-18-13(10)11/h6-9H,3-5H2,1-2H3,(H,16,17). The molecule has 0 bridgehead atoms. The summed E-state index contributed by atoms with van der Waals surface area (Å²) in [5, 5.41) is 9.72. The monoisotopic (exact) mass is 268 g/mol. The molecule has 2 unspecified atom stereocenters. The van der Waals surface area contributed by atoms with Gasteiger partial charge < -0.3 is 9.84 Å². The number of rotatable bonds is 4. The number of aliphatic carboxylic acids is 1. The number of carboxylic acid groups (broad SMARTS) is 1. The molecule has 1 aromatic rings. The van der Waals surface area contributed by atoms with E-state index in [0.29, 0.717) is 18.1 Å². The Morgan fingerprint density at radius 3 is 2.89 bits per heavy atom. The SMILES string of the molecule is CC(Cc1cc(Cl)cc2c1OCC2)C(C)C(=O)O. The maximum atomic E-state index is 11.0. The van der Waals surface area contributed by atoms with Crippen LogP contribution in [0.25, 0.3) is 0 Å². The van der Waals surface area contributed by atoms with Crippen molar-refractivity contribution in [2.45, 2.75) is 26.7 Å². The number of halogens is 1. The highest BCUT2D eigenvalue weighted by Crippen LogP contribution is 2.35. The van der Waals surface area contributed by atoms with Crippen LogP contribution in [0.1, 0.15) is 25.0 Å². The molecule has 1 aliphatic heterocycles. The molecule has 1 heterocycles. The lowest BCUT2D eigenvalue weighted by Crippen LogP contribution is -2.20. The van der Waals surface area contributed by atoms with Crippen molar-refractivity contribution in [3.8, 4) is 5.75 Å². The molecule has 4 heteroatoms. The van der Waals surface area contributed by atoms with Gasteiger partial charge in [0, 0.05) is 11.4 Å². The molecule has 3 nitrogen and oxygen atoms in total. The molecular weight excluding hydrogens is 252 g/mol. The van der Waals surface area contributed by atoms with E-state index in [1.54, 1.807) is 6.92 Å². The lowest BCUT2D eigenvalue weighted by molar-refractivity contribution is -0.142. The zero-order valence-corrected chi connectivity index (χ0v) is 11.3. The number of hydrogen-bond acceptors (Lipinski definition) is 2. The Balaban J connectivity index is 2.22. The number of carboxylic acids is 1. The molecule has 18 heavy (non-hydrogen) atoms. The molecule has 0 aliphatic carbocycles. The first-order valence-corrected chi connectivity index (χ1v) is 6.53. The van der Waals surface area contributed by atoms with Crippen LogP contribution in [0.5, 0.6) is 5.75 Å². The minimum Gasteiger partial charge on any atom is -0.493 e. The lowest BCUT2D eigenvalue weighted by atomic mass is 9.89. The number of benzene rings is 1. The first-order chi connectivity index (χ1) is 8.49. The maximum Gasteiger partial charge on any atom is 0.306 e. The van der Waals surface area contributed by atoms with Gasteiger partial charge in [0.15, 0.2) is 0 Å². The van der Waals surface area contributed by atoms with E-state index in [2.05, 4.69) is 0 Å². The van der Waals surface area contributed by atoms with E-state index in [4.69, 9.17) is 21.4 Å². The second-order valence-corrected chi connectivity index (χ2v) is 5.40. The number of carbonyl (C=O) groups is 1. The molecule has 1 aromatic carbocycles. The third kappa shape index (κ3) is 2.61. The fourth-order valence-electron chi connectivity index (χ4n) is 2.26. The normalized spacial score (nSPS) is 16.8. The molecule has 98 valence electrons. The highest BCUT2D eigenvalue weighted by molar-refractivity contribution is 6.30. The van der Waals surface area contributed by atoms with Crippen molar-refractivity contribution >= 4 is 17.6 Å². The van der Waals surface area contributed by atoms with Crippen LogP contribution in [0, 0.1) is 11.8 Å². The van der Waals surface area contributed by atoms with Gasteiger partial charge in [-0.2, -0.15) is 0 Å². The summed E-state index contributed by atoms with van der Waals surface area (Å²) < 4.78 is 5.62. The molecule has 0 fully saturated rings. The fourth-order valence-corrected chi connectivity index (χ4v) is 2.53. The number of hydrogen-bond donors (Lipinski definition) is 1. The molecular formula is C14H17ClO3. The van der Waals surface area contributed by atoms with Crippen LogP contribution in [0.15, 0.2) is 12.1 Å². The van der Waals surface area contributed by atoms with E-state index >= 15 is 0 Å². The average molecular weight is 269 g/mol. The zero-order valence-electron chi connectivity index (χ0n) is 10.6. The summed E-state index contributed by atoms with van der Waals surface area (Å²) in [7, 11) is 0. The Labute approximate surface area is 112 Å². The quantitative estimate of drug-likeness (QED) is 0.912. The first kappa shape index (κ1) is 13.2. The van der Waals surface area contributed by atoms with Gasteiger partial charge in [0.25, 0.3) is 0 Å². The van der Waals surface area contributed by atoms with Crippen molar-refractivity contribution in [3.05, 3.63) is 28.3 Å². The molecule has 1 N–H and O–H groups in total. The van der Waals surface area contributed by atoms with Crippen LogP contribution in [0.2, 0.25) is 5.02 Å². The summed E-state index contributed by atoms with van der Waals surface area (Å²) in [6.45, 7) is 4.37. The Hall–Kier alpha value is -1.22. The van der Waals surface area contributed by atoms with Crippen LogP contribution in [0.4, 0.5) is 0 Å². The molecule has 0 saturated heterocycles. The topological polar surface area (TPSA) is 46.5 Å². The zero-order chi connectivity index (χ0) is 13.3. The molecule has 2 atom stereocenters. The summed E-state index contributed by atoms with van der Waals surface area (Å²) in [5.41, 5.74) is 2.16. The Morgan fingerprint density at radius 2 is 2.22 bits per heavy atom. The largest absolute Gasteiger partial charge is 0.493 e. The van der Waals surface area contributed by atoms with E-state index in [0.717, 1.165) is 23.3 Å². The molecule has 0 radical (unpaired) electrons. The third-order valence-corrected chi connectivity index (χ3v) is 3.83. The van der Waals surface area contributed by atoms with Gasteiger partial charge in [0.2, 0.25) is 0 Å². The number of ether oxygens (including phenoxy) is 1. The average Bonchev–Trinajstić information content (AvgIpc) is 2.75. The second-order valence-electron chi connectivity index (χ2n) is 4.96. The van der Waals surface area contributed by atoms with Crippen LogP contribution in [-0.4, -0.2) is 17.7 Å². The van der Waals surface area contributed by atoms with Gasteiger partial charge in [0.05, 0.1) is 12.5 Å². The van der Waals surface area contributed by atoms with Gasteiger partial charge in [-0.05, 0) is 35.6 Å².